The van der Waals surface area contributed by atoms with Gasteiger partial charge in [0.2, 0.25) is 0 Å². The zero-order valence-electron chi connectivity index (χ0n) is 19.2. The number of rotatable bonds is 11. The van der Waals surface area contributed by atoms with Gasteiger partial charge in [0.25, 0.3) is 0 Å². The SMILES string of the molecule is CCOCCCNC(=NCc1nnc(C)n1C)NCCc1c[nH]c2c(CC)cccc12. The first-order valence-electron chi connectivity index (χ1n) is 11.2. The first kappa shape index (κ1) is 22.8. The van der Waals surface area contributed by atoms with E-state index in [1.165, 1.54) is 22.0 Å². The first-order chi connectivity index (χ1) is 15.1. The number of benzene rings is 1. The standard InChI is InChI=1S/C23H35N7O/c1-5-18-9-7-10-20-19(15-26-22(18)20)11-13-25-23(24-12-8-14-31-6-2)27-16-21-29-28-17(3)30(21)4/h7,9-10,15,26H,5-6,8,11-14,16H2,1-4H3,(H2,24,25,27). The molecule has 0 bridgehead atoms. The Balaban J connectivity index is 1.61. The lowest BCUT2D eigenvalue weighted by atomic mass is 10.1. The summed E-state index contributed by atoms with van der Waals surface area (Å²) in [6, 6.07) is 6.52. The Hall–Kier alpha value is -2.87. The Morgan fingerprint density at radius 3 is 2.74 bits per heavy atom. The number of aliphatic imine (C=N–C) groups is 1. The Labute approximate surface area is 184 Å². The molecule has 0 unspecified atom stereocenters. The smallest absolute Gasteiger partial charge is 0.191 e. The summed E-state index contributed by atoms with van der Waals surface area (Å²) < 4.78 is 7.39. The van der Waals surface area contributed by atoms with Crippen molar-refractivity contribution in [1.82, 2.24) is 30.4 Å². The van der Waals surface area contributed by atoms with Gasteiger partial charge in [0.15, 0.2) is 11.8 Å². The molecule has 0 aliphatic carbocycles. The zero-order valence-corrected chi connectivity index (χ0v) is 19.2. The third-order valence-electron chi connectivity index (χ3n) is 5.48. The summed E-state index contributed by atoms with van der Waals surface area (Å²) in [5, 5.41) is 16.5. The van der Waals surface area contributed by atoms with Gasteiger partial charge in [-0.3, -0.25) is 0 Å². The third kappa shape index (κ3) is 6.07. The van der Waals surface area contributed by atoms with Crippen LogP contribution in [0.1, 0.15) is 43.0 Å². The molecule has 168 valence electrons. The molecule has 0 fully saturated rings. The van der Waals surface area contributed by atoms with Crippen molar-refractivity contribution < 1.29 is 4.74 Å². The number of para-hydroxylation sites is 1. The lowest BCUT2D eigenvalue weighted by Gasteiger charge is -2.13. The van der Waals surface area contributed by atoms with Gasteiger partial charge in [0.1, 0.15) is 12.4 Å². The molecule has 0 atom stereocenters. The van der Waals surface area contributed by atoms with Crippen LogP contribution in [0.5, 0.6) is 0 Å². The lowest BCUT2D eigenvalue weighted by molar-refractivity contribution is 0.145. The van der Waals surface area contributed by atoms with Crippen molar-refractivity contribution in [3.63, 3.8) is 0 Å². The van der Waals surface area contributed by atoms with E-state index < -0.39 is 0 Å². The van der Waals surface area contributed by atoms with E-state index in [2.05, 4.69) is 57.1 Å². The molecule has 2 aromatic heterocycles. The fraction of sp³-hybridized carbons (Fsp3) is 0.522. The molecule has 8 nitrogen and oxygen atoms in total. The van der Waals surface area contributed by atoms with Crippen molar-refractivity contribution in [2.45, 2.75) is 46.6 Å². The molecule has 2 heterocycles. The normalized spacial score (nSPS) is 11.9. The lowest BCUT2D eigenvalue weighted by Crippen LogP contribution is -2.39. The van der Waals surface area contributed by atoms with Crippen LogP contribution in [0.4, 0.5) is 0 Å². The van der Waals surface area contributed by atoms with Crippen LogP contribution >= 0.6 is 0 Å². The number of aromatic nitrogens is 4. The summed E-state index contributed by atoms with van der Waals surface area (Å²) in [5.41, 5.74) is 3.92. The van der Waals surface area contributed by atoms with Crippen LogP contribution in [0, 0.1) is 6.92 Å². The van der Waals surface area contributed by atoms with Crippen molar-refractivity contribution in [3.8, 4) is 0 Å². The molecule has 0 aliphatic rings. The number of fused-ring (bicyclic) bond motifs is 1. The maximum Gasteiger partial charge on any atom is 0.191 e. The van der Waals surface area contributed by atoms with Crippen LogP contribution in [0.25, 0.3) is 10.9 Å². The number of guanidine groups is 1. The highest BCUT2D eigenvalue weighted by atomic mass is 16.5. The zero-order chi connectivity index (χ0) is 22.1. The Morgan fingerprint density at radius 1 is 1.16 bits per heavy atom. The second-order valence-corrected chi connectivity index (χ2v) is 7.55. The van der Waals surface area contributed by atoms with Gasteiger partial charge in [-0.2, -0.15) is 0 Å². The monoisotopic (exact) mass is 425 g/mol. The van der Waals surface area contributed by atoms with Crippen LogP contribution < -0.4 is 10.6 Å². The van der Waals surface area contributed by atoms with Crippen LogP contribution in [0.3, 0.4) is 0 Å². The van der Waals surface area contributed by atoms with E-state index in [1.54, 1.807) is 0 Å². The average Bonchev–Trinajstić information content (AvgIpc) is 3.34. The van der Waals surface area contributed by atoms with Gasteiger partial charge in [-0.05, 0) is 44.2 Å². The largest absolute Gasteiger partial charge is 0.382 e. The van der Waals surface area contributed by atoms with Crippen LogP contribution in [-0.4, -0.2) is 52.0 Å². The molecule has 0 saturated heterocycles. The van der Waals surface area contributed by atoms with Gasteiger partial charge in [-0.25, -0.2) is 4.99 Å². The molecule has 3 rings (SSSR count). The van der Waals surface area contributed by atoms with E-state index in [0.717, 1.165) is 63.2 Å². The topological polar surface area (TPSA) is 92.2 Å². The number of H-pyrrole nitrogens is 1. The predicted octanol–water partition coefficient (Wildman–Crippen LogP) is 2.87. The van der Waals surface area contributed by atoms with E-state index >= 15 is 0 Å². The van der Waals surface area contributed by atoms with Crippen LogP contribution in [0.2, 0.25) is 0 Å². The number of aromatic amines is 1. The first-order valence-corrected chi connectivity index (χ1v) is 11.2. The van der Waals surface area contributed by atoms with Crippen molar-refractivity contribution in [3.05, 3.63) is 47.2 Å². The minimum atomic E-state index is 0.477. The number of aryl methyl sites for hydroxylation is 2. The molecule has 3 aromatic rings. The highest BCUT2D eigenvalue weighted by Gasteiger charge is 2.08. The number of nitrogens with zero attached hydrogens (tertiary/aromatic N) is 4. The highest BCUT2D eigenvalue weighted by molar-refractivity contribution is 5.86. The minimum Gasteiger partial charge on any atom is -0.382 e. The maximum absolute atomic E-state index is 5.43. The molecule has 0 spiro atoms. The van der Waals surface area contributed by atoms with Crippen LogP contribution in [-0.2, 0) is 31.2 Å². The Morgan fingerprint density at radius 2 is 2.00 bits per heavy atom. The molecule has 0 aliphatic heterocycles. The fourth-order valence-electron chi connectivity index (χ4n) is 3.53. The maximum atomic E-state index is 5.43. The van der Waals surface area contributed by atoms with Crippen molar-refractivity contribution >= 4 is 16.9 Å². The van der Waals surface area contributed by atoms with E-state index in [0.29, 0.717) is 6.54 Å². The Kier molecular flexibility index (Phi) is 8.46. The molecular formula is C23H35N7O. The predicted molar refractivity (Wildman–Crippen MR) is 125 cm³/mol. The minimum absolute atomic E-state index is 0.477. The summed E-state index contributed by atoms with van der Waals surface area (Å²) in [4.78, 5) is 8.17. The van der Waals surface area contributed by atoms with Gasteiger partial charge < -0.3 is 24.9 Å². The second-order valence-electron chi connectivity index (χ2n) is 7.55. The molecule has 8 heteroatoms. The number of hydrogen-bond acceptors (Lipinski definition) is 4. The number of ether oxygens (including phenoxy) is 1. The number of nitrogens with one attached hydrogen (secondary N) is 3. The molecule has 3 N–H and O–H groups in total. The molecule has 0 saturated carbocycles. The van der Waals surface area contributed by atoms with Crippen molar-refractivity contribution in [1.29, 1.82) is 0 Å². The van der Waals surface area contributed by atoms with E-state index in [1.807, 2.05) is 25.5 Å². The average molecular weight is 426 g/mol. The third-order valence-corrected chi connectivity index (χ3v) is 5.48. The molecule has 1 aromatic carbocycles. The van der Waals surface area contributed by atoms with E-state index in [-0.39, 0.29) is 0 Å². The van der Waals surface area contributed by atoms with Gasteiger partial charge >= 0.3 is 0 Å². The fourth-order valence-corrected chi connectivity index (χ4v) is 3.53. The molecule has 0 amide bonds. The number of hydrogen-bond donors (Lipinski definition) is 3. The van der Waals surface area contributed by atoms with Gasteiger partial charge in [-0.1, -0.05) is 25.1 Å². The Bertz CT molecular complexity index is 989. The van der Waals surface area contributed by atoms with Gasteiger partial charge in [0, 0.05) is 50.5 Å². The summed E-state index contributed by atoms with van der Waals surface area (Å²) in [5.74, 6) is 2.51. The molecule has 31 heavy (non-hydrogen) atoms. The van der Waals surface area contributed by atoms with Crippen LogP contribution in [0.15, 0.2) is 29.4 Å². The summed E-state index contributed by atoms with van der Waals surface area (Å²) >= 11 is 0. The van der Waals surface area contributed by atoms with Crippen molar-refractivity contribution in [2.75, 3.05) is 26.3 Å². The highest BCUT2D eigenvalue weighted by Crippen LogP contribution is 2.22. The van der Waals surface area contributed by atoms with E-state index in [4.69, 9.17) is 9.73 Å². The summed E-state index contributed by atoms with van der Waals surface area (Å²) in [6.45, 7) is 9.70. The second kappa shape index (κ2) is 11.5. The molecular weight excluding hydrogens is 390 g/mol. The quantitative estimate of drug-likeness (QED) is 0.250. The van der Waals surface area contributed by atoms with Crippen molar-refractivity contribution in [2.24, 2.45) is 12.0 Å². The van der Waals surface area contributed by atoms with Gasteiger partial charge in [-0.15, -0.1) is 10.2 Å². The van der Waals surface area contributed by atoms with Gasteiger partial charge in [0.05, 0.1) is 0 Å². The molecule has 0 radical (unpaired) electrons. The summed E-state index contributed by atoms with van der Waals surface area (Å²) in [7, 11) is 1.96. The summed E-state index contributed by atoms with van der Waals surface area (Å²) in [6.07, 6.45) is 5.00. The van der Waals surface area contributed by atoms with E-state index in [9.17, 15) is 0 Å².